The maximum Gasteiger partial charge on any atom is 0.527 e. The lowest BCUT2D eigenvalue weighted by molar-refractivity contribution is -0.131. The van der Waals surface area contributed by atoms with Gasteiger partial charge in [0.25, 0.3) is 0 Å². The Morgan fingerprint density at radius 3 is 2.27 bits per heavy atom. The normalized spacial score (nSPS) is 10.4. The Bertz CT molecular complexity index is 237. The quantitative estimate of drug-likeness (QED) is 0.370. The van der Waals surface area contributed by atoms with E-state index < -0.39 is 13.8 Å². The Kier molecular flexibility index (Phi) is 3.19. The summed E-state index contributed by atoms with van der Waals surface area (Å²) in [6.07, 6.45) is 1.04. The van der Waals surface area contributed by atoms with E-state index in [2.05, 4.69) is 17.7 Å². The minimum absolute atomic E-state index is 0.201. The van der Waals surface area contributed by atoms with Crippen LogP contribution in [0.5, 0.6) is 0 Å². The second-order valence-corrected chi connectivity index (χ2v) is 2.76. The van der Waals surface area contributed by atoms with Crippen molar-refractivity contribution in [3.63, 3.8) is 0 Å². The molecular weight excluding hydrogens is 171 g/mol. The van der Waals surface area contributed by atoms with Crippen molar-refractivity contribution in [1.29, 1.82) is 0 Å². The average Bonchev–Trinajstić information content (AvgIpc) is 1.82. The predicted octanol–water partition coefficient (Wildman–Crippen LogP) is 0.364. The zero-order valence-corrected chi connectivity index (χ0v) is 6.45. The van der Waals surface area contributed by atoms with Gasteiger partial charge in [-0.15, -0.1) is 0 Å². The molecule has 0 saturated carbocycles. The molecule has 0 aliphatic heterocycles. The van der Waals surface area contributed by atoms with Gasteiger partial charge in [-0.05, 0) is 0 Å². The maximum absolute atomic E-state index is 10.5. The summed E-state index contributed by atoms with van der Waals surface area (Å²) >= 11 is 0. The number of phosphoric acid groups is 1. The molecule has 0 aromatic carbocycles. The van der Waals surface area contributed by atoms with Crippen molar-refractivity contribution < 1.29 is 23.7 Å². The fourth-order valence-electron chi connectivity index (χ4n) is 0.250. The first-order valence-corrected chi connectivity index (χ1v) is 4.00. The molecule has 0 fully saturated rings. The third kappa shape index (κ3) is 4.50. The molecule has 5 nitrogen and oxygen atoms in total. The van der Waals surface area contributed by atoms with Gasteiger partial charge in [-0.3, -0.25) is 9.79 Å². The van der Waals surface area contributed by atoms with Crippen molar-refractivity contribution in [3.05, 3.63) is 24.8 Å². The monoisotopic (exact) mass is 178 g/mol. The highest BCUT2D eigenvalue weighted by molar-refractivity contribution is 7.46. The number of hydrogen-bond acceptors (Lipinski definition) is 3. The summed E-state index contributed by atoms with van der Waals surface area (Å²) in [7, 11) is -4.75. The number of hydrogen-bond donors (Lipinski definition) is 2. The topological polar surface area (TPSA) is 83.8 Å². The first-order valence-electron chi connectivity index (χ1n) is 2.47. The summed E-state index contributed by atoms with van der Waals surface area (Å²) < 4.78 is 13.7. The maximum atomic E-state index is 10.5. The van der Waals surface area contributed by atoms with Gasteiger partial charge in [-0.25, -0.2) is 9.36 Å². The van der Waals surface area contributed by atoms with Crippen LogP contribution in [0.4, 0.5) is 0 Å². The van der Waals surface area contributed by atoms with Gasteiger partial charge >= 0.3 is 13.8 Å². The van der Waals surface area contributed by atoms with Gasteiger partial charge in [-0.1, -0.05) is 19.2 Å². The zero-order valence-electron chi connectivity index (χ0n) is 5.56. The summed E-state index contributed by atoms with van der Waals surface area (Å²) in [6, 6.07) is 0. The van der Waals surface area contributed by atoms with Crippen molar-refractivity contribution in [2.75, 3.05) is 0 Å². The molecule has 0 aliphatic carbocycles. The van der Waals surface area contributed by atoms with E-state index in [1.54, 1.807) is 0 Å². The standard InChI is InChI=1S/C5H7O5P/c1-3-4(2)5(6)10-11(7,8)9/h3H,1-2H2,(H2,7,8,9). The Hall–Kier alpha value is -0.900. The van der Waals surface area contributed by atoms with E-state index >= 15 is 0 Å². The highest BCUT2D eigenvalue weighted by Crippen LogP contribution is 2.36. The second kappa shape index (κ2) is 3.48. The molecule has 0 radical (unpaired) electrons. The van der Waals surface area contributed by atoms with E-state index in [0.717, 1.165) is 6.08 Å². The zero-order chi connectivity index (χ0) is 9.07. The first kappa shape index (κ1) is 10.1. The van der Waals surface area contributed by atoms with Crippen molar-refractivity contribution in [3.8, 4) is 0 Å². The average molecular weight is 178 g/mol. The van der Waals surface area contributed by atoms with Crippen LogP contribution < -0.4 is 0 Å². The van der Waals surface area contributed by atoms with E-state index in [1.165, 1.54) is 0 Å². The summed E-state index contributed by atoms with van der Waals surface area (Å²) in [5.41, 5.74) is -0.201. The Balaban J connectivity index is 4.21. The molecule has 0 unspecified atom stereocenters. The number of carbonyl (C=O) groups excluding carboxylic acids is 1. The minimum Gasteiger partial charge on any atom is -0.367 e. The first-order chi connectivity index (χ1) is 4.87. The summed E-state index contributed by atoms with van der Waals surface area (Å²) in [5.74, 6) is -1.17. The summed E-state index contributed by atoms with van der Waals surface area (Å²) in [6.45, 7) is 6.28. The molecule has 2 N–H and O–H groups in total. The van der Waals surface area contributed by atoms with Crippen LogP contribution >= 0.6 is 7.82 Å². The van der Waals surface area contributed by atoms with E-state index in [9.17, 15) is 9.36 Å². The SMILES string of the molecule is C=CC(=C)C(=O)OP(=O)(O)O. The van der Waals surface area contributed by atoms with Crippen LogP contribution in [-0.4, -0.2) is 15.8 Å². The lowest BCUT2D eigenvalue weighted by Crippen LogP contribution is -2.02. The molecule has 0 aromatic heterocycles. The van der Waals surface area contributed by atoms with E-state index in [1.807, 2.05) is 0 Å². The highest BCUT2D eigenvalue weighted by atomic mass is 31.2. The molecule has 0 bridgehead atoms. The lowest BCUT2D eigenvalue weighted by atomic mass is 10.3. The van der Waals surface area contributed by atoms with Gasteiger partial charge in [0.15, 0.2) is 0 Å². The molecule has 0 spiro atoms. The predicted molar refractivity (Wildman–Crippen MR) is 37.5 cm³/mol. The lowest BCUT2D eigenvalue weighted by Gasteiger charge is -2.03. The molecular formula is C5H7O5P. The van der Waals surface area contributed by atoms with Crippen LogP contribution in [0.15, 0.2) is 24.8 Å². The Labute approximate surface area is 63.2 Å². The van der Waals surface area contributed by atoms with Gasteiger partial charge in [0.2, 0.25) is 0 Å². The van der Waals surface area contributed by atoms with Gasteiger partial charge in [-0.2, -0.15) is 0 Å². The van der Waals surface area contributed by atoms with Gasteiger partial charge in [0, 0.05) is 0 Å². The third-order valence-corrected chi connectivity index (χ3v) is 1.11. The summed E-state index contributed by atoms with van der Waals surface area (Å²) in [4.78, 5) is 26.8. The van der Waals surface area contributed by atoms with E-state index in [4.69, 9.17) is 9.79 Å². The van der Waals surface area contributed by atoms with Crippen LogP contribution in [0.2, 0.25) is 0 Å². The fourth-order valence-corrected chi connectivity index (χ4v) is 0.583. The molecule has 0 amide bonds. The minimum atomic E-state index is -4.75. The summed E-state index contributed by atoms with van der Waals surface area (Å²) in [5, 5.41) is 0. The number of rotatable bonds is 3. The van der Waals surface area contributed by atoms with Gasteiger partial charge < -0.3 is 4.52 Å². The second-order valence-electron chi connectivity index (χ2n) is 1.60. The molecule has 0 aliphatic rings. The number of phosphoric ester groups is 1. The smallest absolute Gasteiger partial charge is 0.367 e. The largest absolute Gasteiger partial charge is 0.527 e. The van der Waals surface area contributed by atoms with Gasteiger partial charge in [0.1, 0.15) is 0 Å². The van der Waals surface area contributed by atoms with Crippen LogP contribution in [0, 0.1) is 0 Å². The van der Waals surface area contributed by atoms with Crippen molar-refractivity contribution in [2.45, 2.75) is 0 Å². The highest BCUT2D eigenvalue weighted by Gasteiger charge is 2.20. The van der Waals surface area contributed by atoms with Crippen molar-refractivity contribution >= 4 is 13.8 Å². The third-order valence-electron chi connectivity index (χ3n) is 0.710. The van der Waals surface area contributed by atoms with E-state index in [0.29, 0.717) is 0 Å². The fraction of sp³-hybridized carbons (Fsp3) is 0. The molecule has 6 heteroatoms. The Morgan fingerprint density at radius 2 is 2.00 bits per heavy atom. The molecule has 0 aromatic rings. The van der Waals surface area contributed by atoms with Crippen molar-refractivity contribution in [2.24, 2.45) is 0 Å². The molecule has 0 heterocycles. The van der Waals surface area contributed by atoms with E-state index in [-0.39, 0.29) is 5.57 Å². The molecule has 0 atom stereocenters. The molecule has 0 saturated heterocycles. The van der Waals surface area contributed by atoms with Gasteiger partial charge in [0.05, 0.1) is 5.57 Å². The van der Waals surface area contributed by atoms with Crippen LogP contribution in [-0.2, 0) is 13.9 Å². The Morgan fingerprint density at radius 1 is 1.55 bits per heavy atom. The van der Waals surface area contributed by atoms with Crippen LogP contribution in [0.1, 0.15) is 0 Å². The van der Waals surface area contributed by atoms with Crippen LogP contribution in [0.25, 0.3) is 0 Å². The molecule has 62 valence electrons. The van der Waals surface area contributed by atoms with Crippen molar-refractivity contribution in [1.82, 2.24) is 0 Å². The van der Waals surface area contributed by atoms with Crippen LogP contribution in [0.3, 0.4) is 0 Å². The molecule has 0 rings (SSSR count). The number of carbonyl (C=O) groups is 1. The molecule has 11 heavy (non-hydrogen) atoms.